The Balaban J connectivity index is 1.87. The van der Waals surface area contributed by atoms with E-state index in [4.69, 9.17) is 15.0 Å². The summed E-state index contributed by atoms with van der Waals surface area (Å²) in [5.74, 6) is 1.84. The largest absolute Gasteiger partial charge is 0.383 e. The van der Waals surface area contributed by atoms with Gasteiger partial charge in [-0.3, -0.25) is 4.68 Å². The van der Waals surface area contributed by atoms with Gasteiger partial charge in [-0.05, 0) is 12.8 Å². The van der Waals surface area contributed by atoms with E-state index in [0.29, 0.717) is 29.7 Å². The van der Waals surface area contributed by atoms with E-state index in [1.54, 1.807) is 17.9 Å². The van der Waals surface area contributed by atoms with E-state index in [2.05, 4.69) is 15.2 Å². The molecule has 1 fully saturated rings. The first-order valence-electron chi connectivity index (χ1n) is 5.95. The summed E-state index contributed by atoms with van der Waals surface area (Å²) in [7, 11) is 1.77. The van der Waals surface area contributed by atoms with E-state index < -0.39 is 0 Å². The molecule has 2 aromatic rings. The molecule has 1 unspecified atom stereocenters. The summed E-state index contributed by atoms with van der Waals surface area (Å²) in [6, 6.07) is 0. The van der Waals surface area contributed by atoms with Gasteiger partial charge < -0.3 is 15.0 Å². The molecule has 0 aliphatic carbocycles. The summed E-state index contributed by atoms with van der Waals surface area (Å²) >= 11 is 0. The third kappa shape index (κ3) is 1.86. The van der Waals surface area contributed by atoms with Crippen LogP contribution in [0.15, 0.2) is 10.7 Å². The Bertz CT molecular complexity index is 541. The van der Waals surface area contributed by atoms with Gasteiger partial charge in [-0.1, -0.05) is 5.16 Å². The monoisotopic (exact) mass is 249 g/mol. The summed E-state index contributed by atoms with van der Waals surface area (Å²) in [6.07, 6.45) is 3.69. The maximum absolute atomic E-state index is 5.87. The predicted molar refractivity (Wildman–Crippen MR) is 63.7 cm³/mol. The van der Waals surface area contributed by atoms with Crippen molar-refractivity contribution >= 4 is 5.82 Å². The summed E-state index contributed by atoms with van der Waals surface area (Å²) in [5.41, 5.74) is 6.54. The average Bonchev–Trinajstić information content (AvgIpc) is 3.00. The Hall–Kier alpha value is -1.89. The number of aromatic nitrogens is 4. The van der Waals surface area contributed by atoms with Crippen molar-refractivity contribution in [2.24, 2.45) is 7.05 Å². The normalized spacial score (nSPS) is 20.2. The molecule has 0 radical (unpaired) electrons. The van der Waals surface area contributed by atoms with Gasteiger partial charge in [0.15, 0.2) is 5.82 Å². The lowest BCUT2D eigenvalue weighted by atomic mass is 10.0. The van der Waals surface area contributed by atoms with Crippen LogP contribution in [0.3, 0.4) is 0 Å². The molecule has 3 rings (SSSR count). The maximum Gasteiger partial charge on any atom is 0.263 e. The first-order valence-corrected chi connectivity index (χ1v) is 5.95. The van der Waals surface area contributed by atoms with Crippen LogP contribution < -0.4 is 5.73 Å². The zero-order valence-corrected chi connectivity index (χ0v) is 10.2. The van der Waals surface area contributed by atoms with Crippen LogP contribution in [-0.4, -0.2) is 33.1 Å². The van der Waals surface area contributed by atoms with Crippen molar-refractivity contribution in [3.05, 3.63) is 12.0 Å². The molecular formula is C11H15N5O2. The van der Waals surface area contributed by atoms with E-state index >= 15 is 0 Å². The highest BCUT2D eigenvalue weighted by molar-refractivity contribution is 5.66. The van der Waals surface area contributed by atoms with Crippen LogP contribution in [-0.2, 0) is 11.8 Å². The molecule has 7 heteroatoms. The number of anilines is 1. The first-order chi connectivity index (χ1) is 8.75. The molecule has 0 saturated carbocycles. The van der Waals surface area contributed by atoms with Crippen molar-refractivity contribution < 1.29 is 9.26 Å². The minimum atomic E-state index is 0.217. The fourth-order valence-electron chi connectivity index (χ4n) is 2.07. The van der Waals surface area contributed by atoms with Gasteiger partial charge in [0, 0.05) is 19.6 Å². The molecule has 7 nitrogen and oxygen atoms in total. The molecule has 96 valence electrons. The Morgan fingerprint density at radius 3 is 3.06 bits per heavy atom. The summed E-state index contributed by atoms with van der Waals surface area (Å²) in [4.78, 5) is 4.39. The van der Waals surface area contributed by atoms with Gasteiger partial charge in [0.25, 0.3) is 5.89 Å². The standard InChI is InChI=1S/C11H15N5O2/c1-16-9(12)8(5-13-16)11-14-10(15-18-11)7-3-2-4-17-6-7/h5,7H,2-4,6,12H2,1H3. The second-order valence-corrected chi connectivity index (χ2v) is 4.44. The van der Waals surface area contributed by atoms with E-state index in [-0.39, 0.29) is 5.92 Å². The van der Waals surface area contributed by atoms with Crippen molar-refractivity contribution in [3.63, 3.8) is 0 Å². The molecule has 0 amide bonds. The van der Waals surface area contributed by atoms with Crippen LogP contribution in [0, 0.1) is 0 Å². The number of nitrogens with two attached hydrogens (primary N) is 1. The van der Waals surface area contributed by atoms with Crippen molar-refractivity contribution in [2.75, 3.05) is 18.9 Å². The van der Waals surface area contributed by atoms with Gasteiger partial charge in [-0.2, -0.15) is 10.1 Å². The lowest BCUT2D eigenvalue weighted by molar-refractivity contribution is 0.0773. The molecule has 1 atom stereocenters. The molecule has 2 N–H and O–H groups in total. The molecule has 3 heterocycles. The van der Waals surface area contributed by atoms with E-state index in [1.165, 1.54) is 0 Å². The molecular weight excluding hydrogens is 234 g/mol. The number of hydrogen-bond donors (Lipinski definition) is 1. The van der Waals surface area contributed by atoms with E-state index in [0.717, 1.165) is 19.4 Å². The van der Waals surface area contributed by atoms with Crippen molar-refractivity contribution in [1.82, 2.24) is 19.9 Å². The summed E-state index contributed by atoms with van der Waals surface area (Å²) < 4.78 is 12.2. The van der Waals surface area contributed by atoms with E-state index in [9.17, 15) is 0 Å². The average molecular weight is 249 g/mol. The van der Waals surface area contributed by atoms with Gasteiger partial charge in [-0.25, -0.2) is 0 Å². The summed E-state index contributed by atoms with van der Waals surface area (Å²) in [6.45, 7) is 1.47. The zero-order valence-electron chi connectivity index (χ0n) is 10.2. The van der Waals surface area contributed by atoms with Crippen molar-refractivity contribution in [3.8, 4) is 11.5 Å². The second-order valence-electron chi connectivity index (χ2n) is 4.44. The van der Waals surface area contributed by atoms with E-state index in [1.807, 2.05) is 0 Å². The summed E-state index contributed by atoms with van der Waals surface area (Å²) in [5, 5.41) is 8.06. The molecule has 0 spiro atoms. The minimum Gasteiger partial charge on any atom is -0.383 e. The van der Waals surface area contributed by atoms with Crippen LogP contribution in [0.1, 0.15) is 24.6 Å². The number of nitrogen functional groups attached to an aromatic ring is 1. The predicted octanol–water partition coefficient (Wildman–Crippen LogP) is 0.946. The smallest absolute Gasteiger partial charge is 0.263 e. The third-order valence-corrected chi connectivity index (χ3v) is 3.18. The fourth-order valence-corrected chi connectivity index (χ4v) is 2.07. The van der Waals surface area contributed by atoms with Gasteiger partial charge in [0.1, 0.15) is 11.4 Å². The Morgan fingerprint density at radius 1 is 1.50 bits per heavy atom. The van der Waals surface area contributed by atoms with Gasteiger partial charge >= 0.3 is 0 Å². The van der Waals surface area contributed by atoms with Crippen LogP contribution in [0.4, 0.5) is 5.82 Å². The van der Waals surface area contributed by atoms with Crippen LogP contribution >= 0.6 is 0 Å². The third-order valence-electron chi connectivity index (χ3n) is 3.18. The molecule has 0 aromatic carbocycles. The molecule has 18 heavy (non-hydrogen) atoms. The Labute approximate surface area is 104 Å². The lowest BCUT2D eigenvalue weighted by Crippen LogP contribution is -2.16. The highest BCUT2D eigenvalue weighted by atomic mass is 16.5. The molecule has 0 bridgehead atoms. The Morgan fingerprint density at radius 2 is 2.39 bits per heavy atom. The molecule has 2 aromatic heterocycles. The highest BCUT2D eigenvalue weighted by Crippen LogP contribution is 2.27. The van der Waals surface area contributed by atoms with Crippen LogP contribution in [0.2, 0.25) is 0 Å². The van der Waals surface area contributed by atoms with Crippen molar-refractivity contribution in [2.45, 2.75) is 18.8 Å². The van der Waals surface area contributed by atoms with Crippen LogP contribution in [0.25, 0.3) is 11.5 Å². The molecule has 1 saturated heterocycles. The lowest BCUT2D eigenvalue weighted by Gasteiger charge is -2.18. The second kappa shape index (κ2) is 4.41. The topological polar surface area (TPSA) is 92.0 Å². The number of hydrogen-bond acceptors (Lipinski definition) is 6. The number of rotatable bonds is 2. The highest BCUT2D eigenvalue weighted by Gasteiger charge is 2.23. The van der Waals surface area contributed by atoms with Gasteiger partial charge in [-0.15, -0.1) is 0 Å². The fraction of sp³-hybridized carbons (Fsp3) is 0.545. The number of ether oxygens (including phenoxy) is 1. The molecule has 1 aliphatic heterocycles. The zero-order chi connectivity index (χ0) is 12.5. The van der Waals surface area contributed by atoms with Gasteiger partial charge in [0.05, 0.1) is 12.8 Å². The SMILES string of the molecule is Cn1ncc(-c2nc(C3CCCOC3)no2)c1N. The van der Waals surface area contributed by atoms with Crippen LogP contribution in [0.5, 0.6) is 0 Å². The number of nitrogens with zero attached hydrogens (tertiary/aromatic N) is 4. The first kappa shape index (κ1) is 11.2. The molecule has 1 aliphatic rings. The maximum atomic E-state index is 5.87. The minimum absolute atomic E-state index is 0.217. The number of aryl methyl sites for hydroxylation is 1. The Kier molecular flexibility index (Phi) is 2.75. The van der Waals surface area contributed by atoms with Crippen molar-refractivity contribution in [1.29, 1.82) is 0 Å². The van der Waals surface area contributed by atoms with Gasteiger partial charge in [0.2, 0.25) is 0 Å². The quantitative estimate of drug-likeness (QED) is 0.851.